The molecule has 0 bridgehead atoms. The van der Waals surface area contributed by atoms with Gasteiger partial charge in [-0.2, -0.15) is 0 Å². The topological polar surface area (TPSA) is 121 Å². The third-order valence-electron chi connectivity index (χ3n) is 5.15. The Morgan fingerprint density at radius 3 is 2.24 bits per heavy atom. The van der Waals surface area contributed by atoms with Gasteiger partial charge in [0.15, 0.2) is 11.0 Å². The second kappa shape index (κ2) is 9.05. The van der Waals surface area contributed by atoms with Crippen molar-refractivity contribution in [2.45, 2.75) is 18.7 Å². The van der Waals surface area contributed by atoms with Crippen LogP contribution in [0.3, 0.4) is 0 Å². The first-order valence-electron chi connectivity index (χ1n) is 9.82. The van der Waals surface area contributed by atoms with E-state index in [9.17, 15) is 18.0 Å². The van der Waals surface area contributed by atoms with Crippen molar-refractivity contribution in [2.24, 2.45) is 0 Å². The number of carbonyl (C=O) groups excluding carboxylic acids is 2. The van der Waals surface area contributed by atoms with Crippen LogP contribution in [0.4, 0.5) is 17.2 Å². The summed E-state index contributed by atoms with van der Waals surface area (Å²) in [5.41, 5.74) is 2.41. The highest BCUT2D eigenvalue weighted by Gasteiger charge is 2.39. The smallest absolute Gasteiger partial charge is 0.283 e. The van der Waals surface area contributed by atoms with Crippen molar-refractivity contribution < 1.29 is 18.0 Å². The number of benzene rings is 2. The standard InChI is InChI=1S/C22H17Cl2N5O4S/c1-12-4-3-5-16(13(12)2)29-21(30)19(24)20(22(29)31)25-14-6-8-15(9-7-14)34(32,33)28-18-11-10-17(23)26-27-18/h3-11,25H,1-2H3,(H,27,28). The second-order valence-corrected chi connectivity index (χ2v) is 9.80. The van der Waals surface area contributed by atoms with Gasteiger partial charge in [0.1, 0.15) is 10.7 Å². The third-order valence-corrected chi connectivity index (χ3v) is 7.07. The average molecular weight is 518 g/mol. The molecule has 0 spiro atoms. The van der Waals surface area contributed by atoms with Crippen LogP contribution in [0.5, 0.6) is 0 Å². The van der Waals surface area contributed by atoms with Gasteiger partial charge in [0, 0.05) is 5.69 Å². The Morgan fingerprint density at radius 2 is 1.59 bits per heavy atom. The molecule has 9 nitrogen and oxygen atoms in total. The predicted octanol–water partition coefficient (Wildman–Crippen LogP) is 3.98. The van der Waals surface area contributed by atoms with Crippen LogP contribution in [0.2, 0.25) is 5.15 Å². The van der Waals surface area contributed by atoms with Gasteiger partial charge >= 0.3 is 0 Å². The van der Waals surface area contributed by atoms with Gasteiger partial charge in [0.25, 0.3) is 21.8 Å². The minimum atomic E-state index is -3.94. The quantitative estimate of drug-likeness (QED) is 0.474. The van der Waals surface area contributed by atoms with Crippen molar-refractivity contribution >= 4 is 62.2 Å². The van der Waals surface area contributed by atoms with Crippen LogP contribution in [0.15, 0.2) is 70.2 Å². The van der Waals surface area contributed by atoms with Gasteiger partial charge in [-0.25, -0.2) is 13.3 Å². The maximum Gasteiger partial charge on any atom is 0.283 e. The van der Waals surface area contributed by atoms with E-state index in [2.05, 4.69) is 20.2 Å². The molecule has 0 saturated heterocycles. The molecule has 1 aliphatic rings. The van der Waals surface area contributed by atoms with E-state index in [0.29, 0.717) is 11.4 Å². The molecular weight excluding hydrogens is 501 g/mol. The summed E-state index contributed by atoms with van der Waals surface area (Å²) < 4.78 is 27.5. The van der Waals surface area contributed by atoms with Crippen LogP contribution in [0.25, 0.3) is 0 Å². The van der Waals surface area contributed by atoms with Crippen LogP contribution in [0, 0.1) is 13.8 Å². The Labute approximate surface area is 205 Å². The summed E-state index contributed by atoms with van der Waals surface area (Å²) in [5, 5.41) is 9.94. The van der Waals surface area contributed by atoms with E-state index in [-0.39, 0.29) is 26.6 Å². The molecule has 0 radical (unpaired) electrons. The van der Waals surface area contributed by atoms with Crippen molar-refractivity contribution in [3.8, 4) is 0 Å². The molecule has 1 aromatic heterocycles. The Kier molecular flexibility index (Phi) is 6.30. The normalized spacial score (nSPS) is 14.1. The molecule has 0 fully saturated rings. The fourth-order valence-electron chi connectivity index (χ4n) is 3.24. The van der Waals surface area contributed by atoms with Gasteiger partial charge in [-0.05, 0) is 67.4 Å². The predicted molar refractivity (Wildman–Crippen MR) is 129 cm³/mol. The maximum absolute atomic E-state index is 13.0. The fourth-order valence-corrected chi connectivity index (χ4v) is 4.55. The van der Waals surface area contributed by atoms with Crippen molar-refractivity contribution in [1.82, 2.24) is 10.2 Å². The first-order chi connectivity index (χ1) is 16.1. The maximum atomic E-state index is 13.0. The fraction of sp³-hybridized carbons (Fsp3) is 0.0909. The minimum absolute atomic E-state index is 0.00476. The average Bonchev–Trinajstić information content (AvgIpc) is 3.01. The second-order valence-electron chi connectivity index (χ2n) is 7.35. The van der Waals surface area contributed by atoms with Gasteiger partial charge in [-0.3, -0.25) is 14.3 Å². The van der Waals surface area contributed by atoms with Crippen LogP contribution in [-0.4, -0.2) is 30.4 Å². The zero-order valence-corrected chi connectivity index (χ0v) is 20.2. The van der Waals surface area contributed by atoms with E-state index in [1.54, 1.807) is 12.1 Å². The number of rotatable bonds is 6. The number of aryl methyl sites for hydroxylation is 1. The van der Waals surface area contributed by atoms with Gasteiger partial charge in [0.2, 0.25) is 0 Å². The first-order valence-corrected chi connectivity index (χ1v) is 12.1. The molecule has 1 aliphatic heterocycles. The summed E-state index contributed by atoms with van der Waals surface area (Å²) in [4.78, 5) is 26.7. The van der Waals surface area contributed by atoms with E-state index in [4.69, 9.17) is 23.2 Å². The molecule has 12 heteroatoms. The molecule has 3 aromatic rings. The molecule has 34 heavy (non-hydrogen) atoms. The van der Waals surface area contributed by atoms with Crippen LogP contribution in [0.1, 0.15) is 11.1 Å². The van der Waals surface area contributed by atoms with E-state index >= 15 is 0 Å². The third kappa shape index (κ3) is 4.47. The van der Waals surface area contributed by atoms with Gasteiger partial charge in [-0.15, -0.1) is 10.2 Å². The number of aromatic nitrogens is 2. The summed E-state index contributed by atoms with van der Waals surface area (Å²) in [6, 6.07) is 13.6. The van der Waals surface area contributed by atoms with Crippen molar-refractivity contribution in [1.29, 1.82) is 0 Å². The Hall–Kier alpha value is -3.47. The largest absolute Gasteiger partial charge is 0.350 e. The van der Waals surface area contributed by atoms with E-state index < -0.39 is 21.8 Å². The van der Waals surface area contributed by atoms with Crippen LogP contribution in [-0.2, 0) is 19.6 Å². The SMILES string of the molecule is Cc1cccc(N2C(=O)C(Cl)=C(Nc3ccc(S(=O)(=O)Nc4ccc(Cl)nn4)cc3)C2=O)c1C. The molecule has 2 N–H and O–H groups in total. The number of hydrogen-bond acceptors (Lipinski definition) is 7. The molecule has 0 atom stereocenters. The van der Waals surface area contributed by atoms with E-state index in [0.717, 1.165) is 16.0 Å². The van der Waals surface area contributed by atoms with Crippen molar-refractivity contribution in [2.75, 3.05) is 14.9 Å². The molecular formula is C22H17Cl2N5O4S. The monoisotopic (exact) mass is 517 g/mol. The number of hydrogen-bond donors (Lipinski definition) is 2. The molecule has 2 heterocycles. The molecule has 4 rings (SSSR count). The molecule has 0 aliphatic carbocycles. The summed E-state index contributed by atoms with van der Waals surface area (Å²) in [5.74, 6) is -1.25. The number of imide groups is 1. The molecule has 2 aromatic carbocycles. The number of carbonyl (C=O) groups is 2. The van der Waals surface area contributed by atoms with Gasteiger partial charge in [-0.1, -0.05) is 35.3 Å². The summed E-state index contributed by atoms with van der Waals surface area (Å²) in [6.07, 6.45) is 0. The zero-order valence-electron chi connectivity index (χ0n) is 17.8. The first kappa shape index (κ1) is 23.7. The number of halogens is 2. The van der Waals surface area contributed by atoms with Crippen molar-refractivity contribution in [3.05, 3.63) is 81.6 Å². The molecule has 174 valence electrons. The highest BCUT2D eigenvalue weighted by atomic mass is 35.5. The highest BCUT2D eigenvalue weighted by Crippen LogP contribution is 2.33. The van der Waals surface area contributed by atoms with Crippen LogP contribution < -0.4 is 14.9 Å². The molecule has 2 amide bonds. The molecule has 0 unspecified atom stereocenters. The number of sulfonamides is 1. The van der Waals surface area contributed by atoms with Gasteiger partial charge < -0.3 is 5.32 Å². The summed E-state index contributed by atoms with van der Waals surface area (Å²) in [6.45, 7) is 3.69. The number of nitrogens with one attached hydrogen (secondary N) is 2. The van der Waals surface area contributed by atoms with Gasteiger partial charge in [0.05, 0.1) is 10.6 Å². The van der Waals surface area contributed by atoms with E-state index in [1.807, 2.05) is 19.9 Å². The molecule has 0 saturated carbocycles. The number of nitrogens with zero attached hydrogens (tertiary/aromatic N) is 3. The Morgan fingerprint density at radius 1 is 0.882 bits per heavy atom. The Bertz CT molecular complexity index is 1440. The lowest BCUT2D eigenvalue weighted by atomic mass is 10.1. The summed E-state index contributed by atoms with van der Waals surface area (Å²) in [7, 11) is -3.94. The lowest BCUT2D eigenvalue weighted by Gasteiger charge is -2.18. The lowest BCUT2D eigenvalue weighted by Crippen LogP contribution is -2.33. The van der Waals surface area contributed by atoms with Crippen molar-refractivity contribution in [3.63, 3.8) is 0 Å². The summed E-state index contributed by atoms with van der Waals surface area (Å²) >= 11 is 11.8. The zero-order chi connectivity index (χ0) is 24.6. The minimum Gasteiger partial charge on any atom is -0.350 e. The van der Waals surface area contributed by atoms with Crippen LogP contribution >= 0.6 is 23.2 Å². The number of anilines is 3. The number of amides is 2. The lowest BCUT2D eigenvalue weighted by molar-refractivity contribution is -0.120. The highest BCUT2D eigenvalue weighted by molar-refractivity contribution is 7.92. The Balaban J connectivity index is 1.54. The van der Waals surface area contributed by atoms with E-state index in [1.165, 1.54) is 36.4 Å².